The van der Waals surface area contributed by atoms with E-state index in [9.17, 15) is 9.18 Å². The van der Waals surface area contributed by atoms with Gasteiger partial charge in [0.05, 0.1) is 4.47 Å². The summed E-state index contributed by atoms with van der Waals surface area (Å²) in [7, 11) is 0. The lowest BCUT2D eigenvalue weighted by Crippen LogP contribution is -2.15. The van der Waals surface area contributed by atoms with E-state index in [2.05, 4.69) is 15.9 Å². The van der Waals surface area contributed by atoms with Crippen molar-refractivity contribution in [1.82, 2.24) is 0 Å². The lowest BCUT2D eigenvalue weighted by molar-refractivity contribution is 0.212. The van der Waals surface area contributed by atoms with E-state index in [-0.39, 0.29) is 5.82 Å². The molecule has 0 aliphatic rings. The summed E-state index contributed by atoms with van der Waals surface area (Å²) >= 11 is 4.35. The molecule has 1 amide bonds. The number of amides is 1. The molecule has 0 radical (unpaired) electrons. The number of rotatable bonds is 1. The fraction of sp³-hybridized carbons (Fsp3) is 0. The van der Waals surface area contributed by atoms with Crippen molar-refractivity contribution in [3.63, 3.8) is 0 Å². The smallest absolute Gasteiger partial charge is 0.399 e. The zero-order valence-electron chi connectivity index (χ0n) is 7.29. The minimum Gasteiger partial charge on any atom is -0.399 e. The number of carbonyl (C=O) groups is 1. The first-order valence-electron chi connectivity index (χ1n) is 3.93. The Bertz CT molecular complexity index is 540. The van der Waals surface area contributed by atoms with Crippen LogP contribution in [0.15, 0.2) is 22.7 Å². The van der Waals surface area contributed by atoms with E-state index in [1.165, 1.54) is 17.4 Å². The predicted molar refractivity (Wildman–Crippen MR) is 59.7 cm³/mol. The van der Waals surface area contributed by atoms with Crippen LogP contribution in [0.4, 0.5) is 9.18 Å². The Balaban J connectivity index is 2.56. The Morgan fingerprint density at radius 3 is 2.93 bits per heavy atom. The number of primary amides is 1. The molecule has 78 valence electrons. The van der Waals surface area contributed by atoms with Crippen molar-refractivity contribution in [1.29, 1.82) is 0 Å². The quantitative estimate of drug-likeness (QED) is 0.876. The number of thiophene rings is 1. The van der Waals surface area contributed by atoms with Crippen LogP contribution >= 0.6 is 27.3 Å². The average Bonchev–Trinajstić information content (AvgIpc) is 2.54. The van der Waals surface area contributed by atoms with Crippen LogP contribution in [0.2, 0.25) is 0 Å². The third kappa shape index (κ3) is 1.95. The third-order valence-electron chi connectivity index (χ3n) is 1.77. The maximum Gasteiger partial charge on any atom is 0.410 e. The van der Waals surface area contributed by atoms with Crippen LogP contribution in [0.1, 0.15) is 0 Å². The zero-order valence-corrected chi connectivity index (χ0v) is 9.69. The molecule has 1 aromatic carbocycles. The second-order valence-electron chi connectivity index (χ2n) is 2.76. The van der Waals surface area contributed by atoms with Gasteiger partial charge in [-0.1, -0.05) is 11.3 Å². The van der Waals surface area contributed by atoms with Crippen molar-refractivity contribution in [3.05, 3.63) is 28.5 Å². The lowest BCUT2D eigenvalue weighted by Gasteiger charge is -1.94. The molecule has 1 heterocycles. The SMILES string of the molecule is NC(=O)Oc1cc2c(Br)c(F)ccc2s1. The Kier molecular flexibility index (Phi) is 2.62. The van der Waals surface area contributed by atoms with Gasteiger partial charge < -0.3 is 10.5 Å². The fourth-order valence-electron chi connectivity index (χ4n) is 1.18. The van der Waals surface area contributed by atoms with Crippen LogP contribution in [0, 0.1) is 5.82 Å². The number of ether oxygens (including phenoxy) is 1. The highest BCUT2D eigenvalue weighted by Gasteiger charge is 2.10. The van der Waals surface area contributed by atoms with Crippen molar-refractivity contribution < 1.29 is 13.9 Å². The van der Waals surface area contributed by atoms with Crippen LogP contribution in [0.5, 0.6) is 5.06 Å². The summed E-state index contributed by atoms with van der Waals surface area (Å²) < 4.78 is 19.0. The van der Waals surface area contributed by atoms with Crippen molar-refractivity contribution in [3.8, 4) is 5.06 Å². The average molecular weight is 290 g/mol. The summed E-state index contributed by atoms with van der Waals surface area (Å²) in [5.41, 5.74) is 4.87. The largest absolute Gasteiger partial charge is 0.410 e. The molecular formula is C9H5BrFNO2S. The van der Waals surface area contributed by atoms with Crippen molar-refractivity contribution in [2.24, 2.45) is 5.73 Å². The molecule has 0 saturated heterocycles. The number of hydrogen-bond donors (Lipinski definition) is 1. The van der Waals surface area contributed by atoms with Crippen molar-refractivity contribution >= 4 is 43.4 Å². The summed E-state index contributed by atoms with van der Waals surface area (Å²) in [5, 5.41) is 1.01. The topological polar surface area (TPSA) is 52.3 Å². The van der Waals surface area contributed by atoms with Gasteiger partial charge in [-0.25, -0.2) is 9.18 Å². The maximum atomic E-state index is 13.1. The monoisotopic (exact) mass is 289 g/mol. The van der Waals surface area contributed by atoms with Gasteiger partial charge in [0.15, 0.2) is 5.06 Å². The van der Waals surface area contributed by atoms with E-state index in [1.54, 1.807) is 12.1 Å². The standard InChI is InChI=1S/C9H5BrFNO2S/c10-8-4-3-7(14-9(12)13)15-6(4)2-1-5(8)11/h1-3H,(H2,12,13). The highest BCUT2D eigenvalue weighted by Crippen LogP contribution is 2.37. The maximum absolute atomic E-state index is 13.1. The van der Waals surface area contributed by atoms with Gasteiger partial charge in [-0.15, -0.1) is 0 Å². The van der Waals surface area contributed by atoms with Gasteiger partial charge in [-0.05, 0) is 28.1 Å². The normalized spacial score (nSPS) is 10.5. The lowest BCUT2D eigenvalue weighted by atomic mass is 10.2. The van der Waals surface area contributed by atoms with E-state index < -0.39 is 6.09 Å². The van der Waals surface area contributed by atoms with E-state index in [1.807, 2.05) is 0 Å². The molecule has 0 aliphatic carbocycles. The summed E-state index contributed by atoms with van der Waals surface area (Å²) in [6.07, 6.45) is -0.877. The predicted octanol–water partition coefficient (Wildman–Crippen LogP) is 3.26. The van der Waals surface area contributed by atoms with Gasteiger partial charge in [0, 0.05) is 16.2 Å². The molecule has 2 aromatic rings. The first-order chi connectivity index (χ1) is 7.08. The molecule has 0 fully saturated rings. The van der Waals surface area contributed by atoms with E-state index in [0.29, 0.717) is 14.9 Å². The molecule has 2 N–H and O–H groups in total. The summed E-state index contributed by atoms with van der Waals surface area (Å²) in [6, 6.07) is 4.53. The van der Waals surface area contributed by atoms with E-state index in [4.69, 9.17) is 10.5 Å². The van der Waals surface area contributed by atoms with Crippen LogP contribution in [0.25, 0.3) is 10.1 Å². The summed E-state index contributed by atoms with van der Waals surface area (Å²) in [4.78, 5) is 10.5. The van der Waals surface area contributed by atoms with Crippen molar-refractivity contribution in [2.75, 3.05) is 0 Å². The number of hydrogen-bond acceptors (Lipinski definition) is 3. The molecule has 0 saturated carbocycles. The fourth-order valence-corrected chi connectivity index (χ4v) is 2.69. The van der Waals surface area contributed by atoms with Crippen molar-refractivity contribution in [2.45, 2.75) is 0 Å². The van der Waals surface area contributed by atoms with Crippen LogP contribution < -0.4 is 10.5 Å². The Morgan fingerprint density at radius 1 is 1.53 bits per heavy atom. The van der Waals surface area contributed by atoms with Gasteiger partial charge in [0.2, 0.25) is 0 Å². The minimum absolute atomic E-state index is 0.351. The first kappa shape index (κ1) is 10.4. The Labute approximate surface area is 96.8 Å². The molecule has 1 aromatic heterocycles. The highest BCUT2D eigenvalue weighted by atomic mass is 79.9. The highest BCUT2D eigenvalue weighted by molar-refractivity contribution is 9.10. The minimum atomic E-state index is -0.877. The number of fused-ring (bicyclic) bond motifs is 1. The molecule has 0 spiro atoms. The molecule has 6 heteroatoms. The molecule has 15 heavy (non-hydrogen) atoms. The molecule has 0 bridgehead atoms. The molecule has 3 nitrogen and oxygen atoms in total. The van der Waals surface area contributed by atoms with Gasteiger partial charge in [-0.2, -0.15) is 0 Å². The summed E-state index contributed by atoms with van der Waals surface area (Å²) in [6.45, 7) is 0. The van der Waals surface area contributed by atoms with Gasteiger partial charge in [0.25, 0.3) is 0 Å². The number of benzene rings is 1. The number of nitrogens with two attached hydrogens (primary N) is 1. The Morgan fingerprint density at radius 2 is 2.27 bits per heavy atom. The summed E-state index contributed by atoms with van der Waals surface area (Å²) in [5.74, 6) is -0.356. The zero-order chi connectivity index (χ0) is 11.0. The Hall–Kier alpha value is -1.14. The van der Waals surface area contributed by atoms with E-state index >= 15 is 0 Å². The van der Waals surface area contributed by atoms with Gasteiger partial charge >= 0.3 is 6.09 Å². The molecule has 2 rings (SSSR count). The molecule has 0 unspecified atom stereocenters. The second-order valence-corrected chi connectivity index (χ2v) is 4.60. The van der Waals surface area contributed by atoms with Gasteiger partial charge in [0.1, 0.15) is 5.82 Å². The van der Waals surface area contributed by atoms with Gasteiger partial charge in [-0.3, -0.25) is 0 Å². The first-order valence-corrected chi connectivity index (χ1v) is 5.53. The van der Waals surface area contributed by atoms with Crippen LogP contribution in [0.3, 0.4) is 0 Å². The molecule has 0 aliphatic heterocycles. The number of halogens is 2. The van der Waals surface area contributed by atoms with E-state index in [0.717, 1.165) is 4.70 Å². The molecule has 0 atom stereocenters. The van der Waals surface area contributed by atoms with Crippen LogP contribution in [-0.4, -0.2) is 6.09 Å². The number of carbonyl (C=O) groups excluding carboxylic acids is 1. The second kappa shape index (κ2) is 3.79. The third-order valence-corrected chi connectivity index (χ3v) is 3.55. The van der Waals surface area contributed by atoms with Crippen LogP contribution in [-0.2, 0) is 0 Å². The molecular weight excluding hydrogens is 285 g/mol.